The van der Waals surface area contributed by atoms with Gasteiger partial charge in [0.05, 0.1) is 0 Å². The SMILES string of the molecule is O=C(NC(=O)c1c(F)cccc1F)Nc1ccc(OC(F)(F)C(F)OC(F)(F)F)cc1. The zero-order valence-electron chi connectivity index (χ0n) is 14.8. The standard InChI is InChI=1S/C17H10F8N2O4/c18-10-2-1-3-11(19)12(10)13(28)27-15(29)26-8-4-6-9(7-5-8)30-16(21,22)14(20)31-17(23,24)25/h1-7,14H,(H2,26,27,28,29). The van der Waals surface area contributed by atoms with Crippen LogP contribution in [0.25, 0.3) is 0 Å². The van der Waals surface area contributed by atoms with Crippen molar-refractivity contribution >= 4 is 17.6 Å². The molecule has 14 heteroatoms. The number of hydrogen-bond donors (Lipinski definition) is 2. The normalized spacial score (nSPS) is 12.8. The van der Waals surface area contributed by atoms with E-state index in [1.807, 2.05) is 5.32 Å². The first-order chi connectivity index (χ1) is 14.3. The second-order valence-corrected chi connectivity index (χ2v) is 5.57. The predicted octanol–water partition coefficient (Wildman–Crippen LogP) is 4.73. The summed E-state index contributed by atoms with van der Waals surface area (Å²) in [5.41, 5.74) is -1.18. The molecule has 1 unspecified atom stereocenters. The molecule has 168 valence electrons. The predicted molar refractivity (Wildman–Crippen MR) is 86.9 cm³/mol. The lowest BCUT2D eigenvalue weighted by atomic mass is 10.2. The summed E-state index contributed by atoms with van der Waals surface area (Å²) in [6, 6.07) is 4.56. The Kier molecular flexibility index (Phi) is 7.05. The fraction of sp³-hybridized carbons (Fsp3) is 0.176. The Morgan fingerprint density at radius 1 is 0.903 bits per heavy atom. The molecule has 0 aliphatic carbocycles. The molecular formula is C17H10F8N2O4. The molecule has 0 aliphatic heterocycles. The van der Waals surface area contributed by atoms with Crippen molar-refractivity contribution in [2.75, 3.05) is 5.32 Å². The lowest BCUT2D eigenvalue weighted by Gasteiger charge is -2.22. The van der Waals surface area contributed by atoms with Gasteiger partial charge in [-0.3, -0.25) is 10.1 Å². The van der Waals surface area contributed by atoms with Crippen LogP contribution in [0.3, 0.4) is 0 Å². The van der Waals surface area contributed by atoms with Crippen molar-refractivity contribution in [1.82, 2.24) is 5.32 Å². The van der Waals surface area contributed by atoms with E-state index in [0.29, 0.717) is 0 Å². The molecule has 0 bridgehead atoms. The number of hydrogen-bond acceptors (Lipinski definition) is 4. The minimum absolute atomic E-state index is 0.154. The maximum absolute atomic E-state index is 13.5. The number of anilines is 1. The van der Waals surface area contributed by atoms with E-state index in [4.69, 9.17) is 0 Å². The first-order valence-corrected chi connectivity index (χ1v) is 7.90. The van der Waals surface area contributed by atoms with Crippen LogP contribution in [0, 0.1) is 11.6 Å². The van der Waals surface area contributed by atoms with Crippen LogP contribution >= 0.6 is 0 Å². The summed E-state index contributed by atoms with van der Waals surface area (Å²) < 4.78 is 108. The third-order valence-corrected chi connectivity index (χ3v) is 3.28. The third-order valence-electron chi connectivity index (χ3n) is 3.28. The highest BCUT2D eigenvalue weighted by atomic mass is 19.4. The lowest BCUT2D eigenvalue weighted by Crippen LogP contribution is -2.41. The van der Waals surface area contributed by atoms with Crippen LogP contribution < -0.4 is 15.4 Å². The van der Waals surface area contributed by atoms with Crippen LogP contribution in [-0.4, -0.2) is 30.8 Å². The minimum atomic E-state index is -5.67. The van der Waals surface area contributed by atoms with Crippen LogP contribution in [0.5, 0.6) is 5.75 Å². The number of halogens is 8. The largest absolute Gasteiger partial charge is 0.525 e. The van der Waals surface area contributed by atoms with Gasteiger partial charge in [0.1, 0.15) is 22.9 Å². The van der Waals surface area contributed by atoms with Crippen LogP contribution in [0.2, 0.25) is 0 Å². The quantitative estimate of drug-likeness (QED) is 0.614. The summed E-state index contributed by atoms with van der Waals surface area (Å²) in [6.07, 6.45) is -14.8. The number of amides is 3. The summed E-state index contributed by atoms with van der Waals surface area (Å²) in [7, 11) is 0. The number of urea groups is 1. The third kappa shape index (κ3) is 6.80. The number of benzene rings is 2. The van der Waals surface area contributed by atoms with E-state index in [2.05, 4.69) is 9.47 Å². The van der Waals surface area contributed by atoms with Gasteiger partial charge in [-0.25, -0.2) is 22.7 Å². The van der Waals surface area contributed by atoms with Gasteiger partial charge in [0.15, 0.2) is 0 Å². The molecule has 2 aromatic carbocycles. The van der Waals surface area contributed by atoms with Crippen LogP contribution in [0.4, 0.5) is 45.6 Å². The van der Waals surface area contributed by atoms with Crippen molar-refractivity contribution in [2.45, 2.75) is 18.8 Å². The molecule has 0 aliphatic rings. The summed E-state index contributed by atoms with van der Waals surface area (Å²) in [6.45, 7) is 0. The van der Waals surface area contributed by atoms with E-state index in [-0.39, 0.29) is 5.69 Å². The first-order valence-electron chi connectivity index (χ1n) is 7.90. The summed E-state index contributed by atoms with van der Waals surface area (Å²) in [5.74, 6) is -4.66. The lowest BCUT2D eigenvalue weighted by molar-refractivity contribution is -0.411. The highest BCUT2D eigenvalue weighted by Crippen LogP contribution is 2.32. The summed E-state index contributed by atoms with van der Waals surface area (Å²) >= 11 is 0. The summed E-state index contributed by atoms with van der Waals surface area (Å²) in [5, 5.41) is 3.64. The van der Waals surface area contributed by atoms with E-state index in [1.165, 1.54) is 0 Å². The van der Waals surface area contributed by atoms with Crippen molar-refractivity contribution in [3.8, 4) is 5.75 Å². The van der Waals surface area contributed by atoms with Gasteiger partial charge in [-0.15, -0.1) is 13.2 Å². The average Bonchev–Trinajstić information content (AvgIpc) is 2.61. The molecule has 6 nitrogen and oxygen atoms in total. The fourth-order valence-electron chi connectivity index (χ4n) is 2.04. The van der Waals surface area contributed by atoms with Crippen molar-refractivity contribution in [2.24, 2.45) is 0 Å². The van der Waals surface area contributed by atoms with E-state index in [1.54, 1.807) is 5.32 Å². The number of nitrogens with one attached hydrogen (secondary N) is 2. The molecule has 2 aromatic rings. The number of alkyl halides is 6. The number of carbonyl (C=O) groups is 2. The van der Waals surface area contributed by atoms with Gasteiger partial charge in [-0.1, -0.05) is 6.07 Å². The van der Waals surface area contributed by atoms with Crippen molar-refractivity contribution in [1.29, 1.82) is 0 Å². The Bertz CT molecular complexity index is 930. The molecular weight excluding hydrogens is 448 g/mol. The molecule has 2 rings (SSSR count). The molecule has 0 radical (unpaired) electrons. The zero-order chi connectivity index (χ0) is 23.4. The maximum Gasteiger partial charge on any atom is 0.525 e. The van der Waals surface area contributed by atoms with Gasteiger partial charge >= 0.3 is 24.9 Å². The van der Waals surface area contributed by atoms with Gasteiger partial charge < -0.3 is 10.1 Å². The minimum Gasteiger partial charge on any atom is -0.429 e. The Hall–Kier alpha value is -3.42. The van der Waals surface area contributed by atoms with Crippen LogP contribution in [0.1, 0.15) is 10.4 Å². The monoisotopic (exact) mass is 458 g/mol. The van der Waals surface area contributed by atoms with E-state index >= 15 is 0 Å². The maximum atomic E-state index is 13.5. The van der Waals surface area contributed by atoms with E-state index < -0.39 is 53.7 Å². The Balaban J connectivity index is 1.97. The van der Waals surface area contributed by atoms with Gasteiger partial charge in [-0.2, -0.15) is 8.78 Å². The topological polar surface area (TPSA) is 76.7 Å². The second-order valence-electron chi connectivity index (χ2n) is 5.57. The molecule has 0 heterocycles. The molecule has 3 amide bonds. The number of carbonyl (C=O) groups excluding carboxylic acids is 2. The summed E-state index contributed by atoms with van der Waals surface area (Å²) in [4.78, 5) is 23.5. The van der Waals surface area contributed by atoms with Gasteiger partial charge in [-0.05, 0) is 36.4 Å². The van der Waals surface area contributed by atoms with Crippen molar-refractivity contribution in [3.05, 3.63) is 59.7 Å². The molecule has 2 N–H and O–H groups in total. The molecule has 1 atom stereocenters. The van der Waals surface area contributed by atoms with E-state index in [0.717, 1.165) is 42.5 Å². The smallest absolute Gasteiger partial charge is 0.429 e. The zero-order valence-corrected chi connectivity index (χ0v) is 14.8. The number of ether oxygens (including phenoxy) is 2. The van der Waals surface area contributed by atoms with Crippen molar-refractivity contribution < 1.29 is 54.2 Å². The molecule has 0 fully saturated rings. The van der Waals surface area contributed by atoms with Gasteiger partial charge in [0.2, 0.25) is 0 Å². The van der Waals surface area contributed by atoms with E-state index in [9.17, 15) is 44.7 Å². The molecule has 0 saturated carbocycles. The molecule has 0 spiro atoms. The van der Waals surface area contributed by atoms with Crippen LogP contribution in [-0.2, 0) is 4.74 Å². The number of imide groups is 1. The van der Waals surface area contributed by atoms with Gasteiger partial charge in [0, 0.05) is 5.69 Å². The van der Waals surface area contributed by atoms with Crippen LogP contribution in [0.15, 0.2) is 42.5 Å². The van der Waals surface area contributed by atoms with Gasteiger partial charge in [0.25, 0.3) is 5.91 Å². The first kappa shape index (κ1) is 23.9. The second kappa shape index (κ2) is 9.16. The number of rotatable bonds is 6. The average molecular weight is 458 g/mol. The Morgan fingerprint density at radius 2 is 1.45 bits per heavy atom. The highest BCUT2D eigenvalue weighted by Gasteiger charge is 2.50. The highest BCUT2D eigenvalue weighted by molar-refractivity contribution is 6.08. The molecule has 31 heavy (non-hydrogen) atoms. The molecule has 0 saturated heterocycles. The fourth-order valence-corrected chi connectivity index (χ4v) is 2.04. The molecule has 0 aromatic heterocycles. The Labute approximate surface area is 167 Å². The Morgan fingerprint density at radius 3 is 1.97 bits per heavy atom. The van der Waals surface area contributed by atoms with Crippen molar-refractivity contribution in [3.63, 3.8) is 0 Å².